The van der Waals surface area contributed by atoms with Crippen LogP contribution in [-0.4, -0.2) is 60.6 Å². The smallest absolute Gasteiger partial charge is 0.319 e. The number of fused-ring (bicyclic) bond motifs is 1. The van der Waals surface area contributed by atoms with Crippen LogP contribution >= 0.6 is 11.6 Å². The van der Waals surface area contributed by atoms with Gasteiger partial charge in [-0.3, -0.25) is 9.78 Å². The second-order valence-electron chi connectivity index (χ2n) is 9.90. The van der Waals surface area contributed by atoms with Crippen LogP contribution in [0.5, 0.6) is 17.2 Å². The van der Waals surface area contributed by atoms with Crippen LogP contribution in [-0.2, 0) is 0 Å². The first-order valence-corrected chi connectivity index (χ1v) is 14.0. The zero-order valence-corrected chi connectivity index (χ0v) is 22.9. The molecule has 5 rings (SSSR count). The number of nitrogens with one attached hydrogen (secondary N) is 3. The molecule has 0 atom stereocenters. The lowest BCUT2D eigenvalue weighted by Crippen LogP contribution is -2.30. The molecule has 206 valence electrons. The molecule has 1 aliphatic carbocycles. The van der Waals surface area contributed by atoms with Crippen LogP contribution in [0.15, 0.2) is 42.6 Å². The van der Waals surface area contributed by atoms with Gasteiger partial charge in [-0.2, -0.15) is 0 Å². The van der Waals surface area contributed by atoms with E-state index in [9.17, 15) is 9.59 Å². The third-order valence-electron chi connectivity index (χ3n) is 6.79. The second kappa shape index (κ2) is 12.5. The quantitative estimate of drug-likeness (QED) is 0.269. The Morgan fingerprint density at radius 3 is 2.67 bits per heavy atom. The molecular weight excluding hydrogens is 518 g/mol. The molecule has 3 N–H and O–H groups in total. The normalized spacial score (nSPS) is 15.2. The first-order valence-electron chi connectivity index (χ1n) is 13.6. The van der Waals surface area contributed by atoms with Crippen LogP contribution in [0.2, 0.25) is 5.02 Å². The maximum atomic E-state index is 12.9. The van der Waals surface area contributed by atoms with Gasteiger partial charge in [-0.15, -0.1) is 0 Å². The molecule has 2 aromatic carbocycles. The van der Waals surface area contributed by atoms with Gasteiger partial charge in [-0.1, -0.05) is 11.6 Å². The molecule has 2 heterocycles. The molecule has 0 bridgehead atoms. The Morgan fingerprint density at radius 2 is 1.92 bits per heavy atom. The summed E-state index contributed by atoms with van der Waals surface area (Å²) in [6.45, 7) is 6.17. The van der Waals surface area contributed by atoms with Crippen molar-refractivity contribution >= 4 is 40.1 Å². The van der Waals surface area contributed by atoms with Crippen LogP contribution < -0.4 is 25.4 Å². The molecule has 10 heteroatoms. The van der Waals surface area contributed by atoms with Crippen molar-refractivity contribution in [3.8, 4) is 17.2 Å². The first kappa shape index (κ1) is 27.0. The van der Waals surface area contributed by atoms with Crippen molar-refractivity contribution in [1.29, 1.82) is 0 Å². The highest BCUT2D eigenvalue weighted by Crippen LogP contribution is 2.35. The van der Waals surface area contributed by atoms with Gasteiger partial charge in [0.15, 0.2) is 0 Å². The predicted octanol–water partition coefficient (Wildman–Crippen LogP) is 5.58. The fourth-order valence-electron chi connectivity index (χ4n) is 4.63. The predicted molar refractivity (Wildman–Crippen MR) is 152 cm³/mol. The Bertz CT molecular complexity index is 1340. The molecule has 1 aromatic heterocycles. The molecule has 3 aromatic rings. The van der Waals surface area contributed by atoms with E-state index in [0.717, 1.165) is 38.9 Å². The number of urea groups is 1. The van der Waals surface area contributed by atoms with Gasteiger partial charge in [-0.25, -0.2) is 4.79 Å². The molecule has 2 fully saturated rings. The van der Waals surface area contributed by atoms with E-state index in [-0.39, 0.29) is 18.0 Å². The van der Waals surface area contributed by atoms with Crippen molar-refractivity contribution in [1.82, 2.24) is 20.5 Å². The number of carbonyl (C=O) groups is 2. The fraction of sp³-hybridized carbons (Fsp3) is 0.414. The summed E-state index contributed by atoms with van der Waals surface area (Å²) in [7, 11) is 0. The fourth-order valence-corrected chi connectivity index (χ4v) is 4.84. The monoisotopic (exact) mass is 551 g/mol. The Morgan fingerprint density at radius 1 is 1.10 bits per heavy atom. The van der Waals surface area contributed by atoms with Crippen LogP contribution in [0.4, 0.5) is 10.5 Å². The molecule has 1 aliphatic heterocycles. The van der Waals surface area contributed by atoms with Crippen molar-refractivity contribution in [3.05, 3.63) is 53.2 Å². The van der Waals surface area contributed by atoms with Gasteiger partial charge in [0.1, 0.15) is 17.2 Å². The Labute approximate surface area is 233 Å². The van der Waals surface area contributed by atoms with E-state index in [1.807, 2.05) is 6.92 Å². The molecule has 1 saturated heterocycles. The topological polar surface area (TPSA) is 105 Å². The third-order valence-corrected chi connectivity index (χ3v) is 7.10. The van der Waals surface area contributed by atoms with Crippen molar-refractivity contribution in [2.75, 3.05) is 38.1 Å². The zero-order valence-electron chi connectivity index (χ0n) is 22.1. The van der Waals surface area contributed by atoms with Gasteiger partial charge >= 0.3 is 6.03 Å². The number of benzene rings is 2. The van der Waals surface area contributed by atoms with Crippen molar-refractivity contribution in [2.45, 2.75) is 45.1 Å². The summed E-state index contributed by atoms with van der Waals surface area (Å²) in [5.41, 5.74) is 1.57. The van der Waals surface area contributed by atoms with Gasteiger partial charge < -0.3 is 30.3 Å². The molecule has 2 aliphatic rings. The minimum absolute atomic E-state index is 0.216. The number of rotatable bonds is 11. The molecule has 9 nitrogen and oxygen atoms in total. The summed E-state index contributed by atoms with van der Waals surface area (Å²) in [5.74, 6) is 1.30. The summed E-state index contributed by atoms with van der Waals surface area (Å²) in [6.07, 6.45) is 7.06. The Hall–Kier alpha value is -3.56. The number of nitrogens with zero attached hydrogens (tertiary/aromatic N) is 2. The van der Waals surface area contributed by atoms with E-state index < -0.39 is 0 Å². The number of hydrogen-bond donors (Lipinski definition) is 3. The van der Waals surface area contributed by atoms with E-state index in [2.05, 4.69) is 25.8 Å². The third kappa shape index (κ3) is 7.10. The lowest BCUT2D eigenvalue weighted by atomic mass is 10.1. The first-order chi connectivity index (χ1) is 19.0. The standard InChI is InChI=1S/C29H34ClN5O4/c1-2-31-28(36)22-17-21-25(18-27(22)38-15-5-14-35-12-3-4-13-35)32-11-10-26(21)39-20-8-9-24(23(30)16-20)34-29(37)33-19-6-7-19/h8-11,16-19H,2-7,12-15H2,1H3,(H,31,36)(H2,33,34,37). The highest BCUT2D eigenvalue weighted by atomic mass is 35.5. The number of hydrogen-bond acceptors (Lipinski definition) is 6. The lowest BCUT2D eigenvalue weighted by Gasteiger charge is -2.17. The highest BCUT2D eigenvalue weighted by molar-refractivity contribution is 6.33. The van der Waals surface area contributed by atoms with E-state index in [1.54, 1.807) is 42.6 Å². The second-order valence-corrected chi connectivity index (χ2v) is 10.3. The molecule has 0 spiro atoms. The number of likely N-dealkylation sites (tertiary alicyclic amines) is 1. The molecule has 39 heavy (non-hydrogen) atoms. The number of ether oxygens (including phenoxy) is 2. The minimum atomic E-state index is -0.278. The molecular formula is C29H34ClN5O4. The van der Waals surface area contributed by atoms with Crippen molar-refractivity contribution in [3.63, 3.8) is 0 Å². The van der Waals surface area contributed by atoms with Gasteiger partial charge in [0, 0.05) is 42.8 Å². The van der Waals surface area contributed by atoms with Crippen molar-refractivity contribution < 1.29 is 19.1 Å². The van der Waals surface area contributed by atoms with E-state index >= 15 is 0 Å². The summed E-state index contributed by atoms with van der Waals surface area (Å²) < 4.78 is 12.3. The summed E-state index contributed by atoms with van der Waals surface area (Å²) in [5, 5.41) is 9.53. The van der Waals surface area contributed by atoms with Crippen LogP contribution in [0.25, 0.3) is 10.9 Å². The summed E-state index contributed by atoms with van der Waals surface area (Å²) in [6, 6.07) is 10.3. The maximum absolute atomic E-state index is 12.9. The van der Waals surface area contributed by atoms with Crippen LogP contribution in [0, 0.1) is 0 Å². The number of amides is 3. The van der Waals surface area contributed by atoms with Gasteiger partial charge in [0.05, 0.1) is 28.4 Å². The number of pyridine rings is 1. The molecule has 0 radical (unpaired) electrons. The average Bonchev–Trinajstić information content (AvgIpc) is 3.57. The SMILES string of the molecule is CCNC(=O)c1cc2c(Oc3ccc(NC(=O)NC4CC4)c(Cl)c3)ccnc2cc1OCCCN1CCCC1. The van der Waals surface area contributed by atoms with Crippen LogP contribution in [0.1, 0.15) is 49.4 Å². The van der Waals surface area contributed by atoms with E-state index in [0.29, 0.717) is 57.6 Å². The molecule has 1 saturated carbocycles. The van der Waals surface area contributed by atoms with Gasteiger partial charge in [0.2, 0.25) is 0 Å². The number of anilines is 1. The number of halogens is 1. The lowest BCUT2D eigenvalue weighted by molar-refractivity contribution is 0.0951. The number of carbonyl (C=O) groups excluding carboxylic acids is 2. The highest BCUT2D eigenvalue weighted by Gasteiger charge is 2.23. The largest absolute Gasteiger partial charge is 0.493 e. The van der Waals surface area contributed by atoms with E-state index in [1.165, 1.54) is 12.8 Å². The van der Waals surface area contributed by atoms with Crippen LogP contribution in [0.3, 0.4) is 0 Å². The van der Waals surface area contributed by atoms with E-state index in [4.69, 9.17) is 21.1 Å². The maximum Gasteiger partial charge on any atom is 0.319 e. The average molecular weight is 552 g/mol. The Balaban J connectivity index is 1.33. The minimum Gasteiger partial charge on any atom is -0.493 e. The molecule has 0 unspecified atom stereocenters. The summed E-state index contributed by atoms with van der Waals surface area (Å²) in [4.78, 5) is 32.0. The Kier molecular flexibility index (Phi) is 8.68. The molecule has 3 amide bonds. The van der Waals surface area contributed by atoms with Gasteiger partial charge in [0.25, 0.3) is 5.91 Å². The van der Waals surface area contributed by atoms with Crippen molar-refractivity contribution in [2.24, 2.45) is 0 Å². The summed E-state index contributed by atoms with van der Waals surface area (Å²) >= 11 is 6.43. The number of aromatic nitrogens is 1. The zero-order chi connectivity index (χ0) is 27.2. The van der Waals surface area contributed by atoms with Gasteiger partial charge in [-0.05, 0) is 76.4 Å².